The van der Waals surface area contributed by atoms with Crippen LogP contribution in [0.4, 0.5) is 23.5 Å². The minimum Gasteiger partial charge on any atom is -0.475 e. The number of rotatable bonds is 2. The number of carboxylic acids is 1. The minimum absolute atomic E-state index is 0.0989. The highest BCUT2D eigenvalue weighted by Gasteiger charge is 2.38. The predicted octanol–water partition coefficient (Wildman–Crippen LogP) is 4.00. The lowest BCUT2D eigenvalue weighted by Gasteiger charge is -2.33. The zero-order valence-electron chi connectivity index (χ0n) is 15.3. The first-order valence-electron chi connectivity index (χ1n) is 8.60. The van der Waals surface area contributed by atoms with Crippen LogP contribution in [0.1, 0.15) is 17.2 Å². The molecular formula is C19H16F4N4O2S. The van der Waals surface area contributed by atoms with Crippen molar-refractivity contribution in [2.75, 3.05) is 11.4 Å². The van der Waals surface area contributed by atoms with Crippen molar-refractivity contribution in [3.8, 4) is 11.3 Å². The van der Waals surface area contributed by atoms with E-state index in [4.69, 9.17) is 15.6 Å². The summed E-state index contributed by atoms with van der Waals surface area (Å²) in [4.78, 5) is 19.5. The Hall–Kier alpha value is -3.05. The second-order valence-electron chi connectivity index (χ2n) is 6.37. The fourth-order valence-corrected chi connectivity index (χ4v) is 3.55. The molecule has 1 aromatic carbocycles. The third-order valence-corrected chi connectivity index (χ3v) is 4.97. The Balaban J connectivity index is 0.000000318. The first kappa shape index (κ1) is 21.7. The number of anilines is 1. The van der Waals surface area contributed by atoms with Crippen molar-refractivity contribution in [3.63, 3.8) is 0 Å². The maximum absolute atomic E-state index is 14.1. The van der Waals surface area contributed by atoms with Gasteiger partial charge >= 0.3 is 12.1 Å². The molecule has 0 fully saturated rings. The monoisotopic (exact) mass is 440 g/mol. The van der Waals surface area contributed by atoms with E-state index in [0.29, 0.717) is 24.7 Å². The number of nitrogens with two attached hydrogens (primary N) is 1. The van der Waals surface area contributed by atoms with Crippen LogP contribution in [-0.2, 0) is 11.3 Å². The second kappa shape index (κ2) is 8.76. The predicted molar refractivity (Wildman–Crippen MR) is 103 cm³/mol. The summed E-state index contributed by atoms with van der Waals surface area (Å²) in [6, 6.07) is 9.87. The Morgan fingerprint density at radius 1 is 1.27 bits per heavy atom. The van der Waals surface area contributed by atoms with Gasteiger partial charge in [-0.1, -0.05) is 24.3 Å². The van der Waals surface area contributed by atoms with E-state index in [2.05, 4.69) is 22.1 Å². The van der Waals surface area contributed by atoms with Gasteiger partial charge in [-0.25, -0.2) is 19.2 Å². The molecule has 4 rings (SSSR count). The molecule has 1 atom stereocenters. The quantitative estimate of drug-likeness (QED) is 0.586. The van der Waals surface area contributed by atoms with Crippen molar-refractivity contribution in [1.29, 1.82) is 0 Å². The summed E-state index contributed by atoms with van der Waals surface area (Å²) in [5, 5.41) is 10.9. The molecular weight excluding hydrogens is 424 g/mol. The Morgan fingerprint density at radius 3 is 2.60 bits per heavy atom. The summed E-state index contributed by atoms with van der Waals surface area (Å²) in [6.07, 6.45) is -3.85. The first-order valence-corrected chi connectivity index (χ1v) is 9.54. The van der Waals surface area contributed by atoms with Gasteiger partial charge in [0.25, 0.3) is 0 Å². The number of hydrogen-bond acceptors (Lipinski definition) is 6. The van der Waals surface area contributed by atoms with Crippen molar-refractivity contribution in [1.82, 2.24) is 9.97 Å². The van der Waals surface area contributed by atoms with Gasteiger partial charge in [-0.15, -0.1) is 0 Å². The van der Waals surface area contributed by atoms with Gasteiger partial charge in [0.1, 0.15) is 5.69 Å². The third kappa shape index (κ3) is 4.92. The Bertz CT molecular complexity index is 1030. The van der Waals surface area contributed by atoms with Crippen LogP contribution in [0.5, 0.6) is 0 Å². The molecule has 3 aromatic rings. The highest BCUT2D eigenvalue weighted by Crippen LogP contribution is 2.29. The summed E-state index contributed by atoms with van der Waals surface area (Å²) < 4.78 is 45.8. The van der Waals surface area contributed by atoms with E-state index in [1.807, 2.05) is 33.9 Å². The first-order chi connectivity index (χ1) is 14.2. The average Bonchev–Trinajstić information content (AvgIpc) is 3.22. The number of carbonyl (C=O) groups is 1. The number of halogens is 4. The molecule has 3 heterocycles. The van der Waals surface area contributed by atoms with Crippen LogP contribution in [0, 0.1) is 5.82 Å². The molecule has 0 spiro atoms. The summed E-state index contributed by atoms with van der Waals surface area (Å²) >= 11 is 1.51. The lowest BCUT2D eigenvalue weighted by atomic mass is 9.96. The number of aromatic nitrogens is 2. The molecule has 158 valence electrons. The lowest BCUT2D eigenvalue weighted by molar-refractivity contribution is -0.192. The topological polar surface area (TPSA) is 92.3 Å². The summed E-state index contributed by atoms with van der Waals surface area (Å²) in [7, 11) is 0. The molecule has 30 heavy (non-hydrogen) atoms. The number of hydrogen-bond donors (Lipinski definition) is 2. The van der Waals surface area contributed by atoms with Crippen molar-refractivity contribution < 1.29 is 27.5 Å². The van der Waals surface area contributed by atoms with E-state index in [1.54, 1.807) is 0 Å². The average molecular weight is 440 g/mol. The van der Waals surface area contributed by atoms with Crippen LogP contribution in [0.15, 0.2) is 47.3 Å². The van der Waals surface area contributed by atoms with Gasteiger partial charge in [-0.05, 0) is 22.6 Å². The Morgan fingerprint density at radius 2 is 1.97 bits per heavy atom. The van der Waals surface area contributed by atoms with Gasteiger partial charge in [-0.2, -0.15) is 24.5 Å². The Labute approximate surface area is 172 Å². The number of aliphatic carboxylic acids is 1. The smallest absolute Gasteiger partial charge is 0.475 e. The van der Waals surface area contributed by atoms with Gasteiger partial charge in [0.05, 0.1) is 6.20 Å². The number of thiophene rings is 1. The lowest BCUT2D eigenvalue weighted by Crippen LogP contribution is -2.38. The molecule has 1 aliphatic rings. The molecule has 6 nitrogen and oxygen atoms in total. The van der Waals surface area contributed by atoms with E-state index in [9.17, 15) is 17.6 Å². The van der Waals surface area contributed by atoms with E-state index in [-0.39, 0.29) is 6.04 Å². The van der Waals surface area contributed by atoms with Crippen LogP contribution in [0.25, 0.3) is 11.3 Å². The highest BCUT2D eigenvalue weighted by molar-refractivity contribution is 7.08. The molecule has 0 radical (unpaired) electrons. The van der Waals surface area contributed by atoms with Gasteiger partial charge in [-0.3, -0.25) is 0 Å². The van der Waals surface area contributed by atoms with Crippen LogP contribution in [0.2, 0.25) is 0 Å². The molecule has 0 aliphatic carbocycles. The van der Waals surface area contributed by atoms with Gasteiger partial charge in [0.15, 0.2) is 5.82 Å². The molecule has 0 saturated carbocycles. The zero-order valence-corrected chi connectivity index (χ0v) is 16.1. The minimum atomic E-state index is -5.08. The normalized spacial score (nSPS) is 15.8. The van der Waals surface area contributed by atoms with E-state index >= 15 is 0 Å². The SMILES string of the molecule is NC1CN(c2ncc(F)c(-c3ccsc3)n2)Cc2ccccc21.O=C(O)C(F)(F)F. The fraction of sp³-hybridized carbons (Fsp3) is 0.211. The van der Waals surface area contributed by atoms with Crippen LogP contribution >= 0.6 is 11.3 Å². The number of nitrogens with zero attached hydrogens (tertiary/aromatic N) is 3. The number of alkyl halides is 3. The number of fused-ring (bicyclic) bond motifs is 1. The standard InChI is InChI=1S/C17H15FN4S.C2HF3O2/c18-14-7-20-17(21-16(14)12-5-6-23-10-12)22-8-11-3-1-2-4-13(11)15(19)9-22;3-2(4,5)1(6)7/h1-7,10,15H,8-9,19H2;(H,6,7). The molecule has 1 unspecified atom stereocenters. The molecule has 0 bridgehead atoms. The number of benzene rings is 1. The van der Waals surface area contributed by atoms with Crippen molar-refractivity contribution in [3.05, 3.63) is 64.2 Å². The highest BCUT2D eigenvalue weighted by atomic mass is 32.1. The maximum Gasteiger partial charge on any atom is 0.490 e. The maximum atomic E-state index is 14.1. The summed E-state index contributed by atoms with van der Waals surface area (Å²) in [6.45, 7) is 1.30. The van der Waals surface area contributed by atoms with E-state index < -0.39 is 18.0 Å². The largest absolute Gasteiger partial charge is 0.490 e. The van der Waals surface area contributed by atoms with Crippen molar-refractivity contribution in [2.24, 2.45) is 5.73 Å². The van der Waals surface area contributed by atoms with Crippen LogP contribution in [0.3, 0.4) is 0 Å². The van der Waals surface area contributed by atoms with Gasteiger partial charge in [0, 0.05) is 30.1 Å². The molecule has 1 aliphatic heterocycles. The molecule has 0 amide bonds. The van der Waals surface area contributed by atoms with Crippen molar-refractivity contribution >= 4 is 23.3 Å². The molecule has 11 heteroatoms. The van der Waals surface area contributed by atoms with Gasteiger partial charge < -0.3 is 15.7 Å². The number of carboxylic acid groups (broad SMARTS) is 1. The fourth-order valence-electron chi connectivity index (χ4n) is 2.91. The summed E-state index contributed by atoms with van der Waals surface area (Å²) in [5.74, 6) is -2.65. The zero-order chi connectivity index (χ0) is 21.9. The van der Waals surface area contributed by atoms with Gasteiger partial charge in [0.2, 0.25) is 5.95 Å². The van der Waals surface area contributed by atoms with Crippen LogP contribution in [-0.4, -0.2) is 33.8 Å². The van der Waals surface area contributed by atoms with Crippen molar-refractivity contribution in [2.45, 2.75) is 18.8 Å². The van der Waals surface area contributed by atoms with E-state index in [0.717, 1.165) is 16.7 Å². The van der Waals surface area contributed by atoms with E-state index in [1.165, 1.54) is 17.5 Å². The second-order valence-corrected chi connectivity index (χ2v) is 7.15. The molecule has 0 saturated heterocycles. The molecule has 3 N–H and O–H groups in total. The Kier molecular flexibility index (Phi) is 6.32. The summed E-state index contributed by atoms with van der Waals surface area (Å²) in [5.41, 5.74) is 9.70. The van der Waals surface area contributed by atoms with Crippen LogP contribution < -0.4 is 10.6 Å². The third-order valence-electron chi connectivity index (χ3n) is 4.28. The molecule has 2 aromatic heterocycles.